The summed E-state index contributed by atoms with van der Waals surface area (Å²) < 4.78 is 8.33. The van der Waals surface area contributed by atoms with Crippen molar-refractivity contribution in [2.75, 3.05) is 6.54 Å². The van der Waals surface area contributed by atoms with E-state index in [0.29, 0.717) is 25.6 Å². The monoisotopic (exact) mass is 325 g/mol. The van der Waals surface area contributed by atoms with Crippen molar-refractivity contribution in [1.82, 2.24) is 14.5 Å². The molecule has 126 valence electrons. The molecule has 3 heterocycles. The van der Waals surface area contributed by atoms with E-state index in [1.54, 1.807) is 6.20 Å². The summed E-state index contributed by atoms with van der Waals surface area (Å²) in [6.07, 6.45) is 6.68. The van der Waals surface area contributed by atoms with E-state index in [1.165, 1.54) is 5.69 Å². The minimum atomic E-state index is -0.00291. The average Bonchev–Trinajstić information content (AvgIpc) is 3.23. The van der Waals surface area contributed by atoms with Crippen LogP contribution in [-0.2, 0) is 29.2 Å². The summed E-state index contributed by atoms with van der Waals surface area (Å²) in [6, 6.07) is 8.07. The minimum absolute atomic E-state index is 0.00291. The average molecular weight is 325 g/mol. The highest BCUT2D eigenvalue weighted by Gasteiger charge is 2.42. The number of hydrogen-bond acceptors (Lipinski definition) is 3. The topological polar surface area (TPSA) is 47.4 Å². The van der Waals surface area contributed by atoms with Crippen LogP contribution in [0.15, 0.2) is 42.9 Å². The molecular formula is C19H23N3O2. The Balaban J connectivity index is 1.48. The van der Waals surface area contributed by atoms with Gasteiger partial charge in [-0.05, 0) is 36.1 Å². The zero-order valence-corrected chi connectivity index (χ0v) is 14.0. The van der Waals surface area contributed by atoms with Crippen LogP contribution >= 0.6 is 0 Å². The summed E-state index contributed by atoms with van der Waals surface area (Å²) in [7, 11) is 0. The quantitative estimate of drug-likeness (QED) is 0.867. The first kappa shape index (κ1) is 15.4. The second-order valence-electron chi connectivity index (χ2n) is 6.98. The lowest BCUT2D eigenvalue weighted by atomic mass is 10.2. The van der Waals surface area contributed by atoms with E-state index < -0.39 is 0 Å². The van der Waals surface area contributed by atoms with Gasteiger partial charge in [0.15, 0.2) is 0 Å². The Labute approximate surface area is 142 Å². The molecule has 5 heteroatoms. The molecule has 1 amide bonds. The van der Waals surface area contributed by atoms with E-state index in [1.807, 2.05) is 29.3 Å². The number of aromatic nitrogens is 2. The summed E-state index contributed by atoms with van der Waals surface area (Å²) in [5, 5.41) is 0. The molecule has 4 rings (SSSR count). The van der Waals surface area contributed by atoms with E-state index in [2.05, 4.69) is 28.7 Å². The minimum Gasteiger partial charge on any atom is -0.370 e. The predicted octanol–water partition coefficient (Wildman–Crippen LogP) is 2.47. The van der Waals surface area contributed by atoms with Gasteiger partial charge >= 0.3 is 0 Å². The third-order valence-electron chi connectivity index (χ3n) is 5.05. The van der Waals surface area contributed by atoms with Crippen LogP contribution in [0.2, 0.25) is 0 Å². The van der Waals surface area contributed by atoms with E-state index in [9.17, 15) is 4.79 Å². The van der Waals surface area contributed by atoms with Crippen LogP contribution in [0.1, 0.15) is 24.6 Å². The molecule has 1 aliphatic heterocycles. The maximum absolute atomic E-state index is 12.7. The molecule has 0 spiro atoms. The number of pyridine rings is 1. The van der Waals surface area contributed by atoms with Gasteiger partial charge in [-0.3, -0.25) is 9.78 Å². The molecule has 2 aromatic heterocycles. The Morgan fingerprint density at radius 2 is 2.21 bits per heavy atom. The molecule has 0 unspecified atom stereocenters. The van der Waals surface area contributed by atoms with Gasteiger partial charge < -0.3 is 14.2 Å². The summed E-state index contributed by atoms with van der Waals surface area (Å²) in [4.78, 5) is 18.8. The third-order valence-corrected chi connectivity index (χ3v) is 5.05. The molecular weight excluding hydrogens is 302 g/mol. The van der Waals surface area contributed by atoms with Gasteiger partial charge in [-0.1, -0.05) is 13.0 Å². The fraction of sp³-hybridized carbons (Fsp3) is 0.474. The van der Waals surface area contributed by atoms with Crippen LogP contribution < -0.4 is 0 Å². The zero-order chi connectivity index (χ0) is 16.5. The Hall–Kier alpha value is -2.14. The van der Waals surface area contributed by atoms with Crippen molar-refractivity contribution in [2.45, 2.75) is 39.1 Å². The zero-order valence-electron chi connectivity index (χ0n) is 14.0. The van der Waals surface area contributed by atoms with Crippen molar-refractivity contribution >= 4 is 5.91 Å². The second-order valence-corrected chi connectivity index (χ2v) is 6.98. The van der Waals surface area contributed by atoms with E-state index in [4.69, 9.17) is 4.74 Å². The third kappa shape index (κ3) is 3.22. The van der Waals surface area contributed by atoms with Crippen molar-refractivity contribution in [3.63, 3.8) is 0 Å². The maximum atomic E-state index is 12.7. The van der Waals surface area contributed by atoms with Gasteiger partial charge in [-0.2, -0.15) is 0 Å². The normalized spacial score (nSPS) is 25.9. The largest absolute Gasteiger partial charge is 0.370 e. The van der Waals surface area contributed by atoms with E-state index in [0.717, 1.165) is 18.5 Å². The molecule has 2 aliphatic rings. The van der Waals surface area contributed by atoms with Crippen molar-refractivity contribution in [3.8, 4) is 0 Å². The molecule has 3 atom stereocenters. The summed E-state index contributed by atoms with van der Waals surface area (Å²) >= 11 is 0. The van der Waals surface area contributed by atoms with Crippen LogP contribution in [-0.4, -0.2) is 33.0 Å². The van der Waals surface area contributed by atoms with Gasteiger partial charge in [0.05, 0.1) is 25.8 Å². The van der Waals surface area contributed by atoms with E-state index in [-0.39, 0.29) is 17.9 Å². The number of amides is 1. The Kier molecular flexibility index (Phi) is 4.10. The van der Waals surface area contributed by atoms with Crippen LogP contribution in [0.3, 0.4) is 0 Å². The molecule has 5 nitrogen and oxygen atoms in total. The lowest BCUT2D eigenvalue weighted by molar-refractivity contribution is -0.135. The first-order chi connectivity index (χ1) is 11.7. The fourth-order valence-electron chi connectivity index (χ4n) is 3.43. The Bertz CT molecular complexity index is 712. The number of ether oxygens (including phenoxy) is 1. The SMILES string of the molecule is C[C@@H]1C[C@@H]1C(=O)N1Cc2cccn2C[C@H](OCc2cccnc2)C1. The highest BCUT2D eigenvalue weighted by atomic mass is 16.5. The molecule has 0 bridgehead atoms. The highest BCUT2D eigenvalue weighted by Crippen LogP contribution is 2.39. The lowest BCUT2D eigenvalue weighted by Gasteiger charge is -2.24. The maximum Gasteiger partial charge on any atom is 0.226 e. The summed E-state index contributed by atoms with van der Waals surface area (Å²) in [5.41, 5.74) is 2.24. The number of hydrogen-bond donors (Lipinski definition) is 0. The molecule has 0 saturated heterocycles. The molecule has 24 heavy (non-hydrogen) atoms. The van der Waals surface area contributed by atoms with Gasteiger partial charge in [0.2, 0.25) is 5.91 Å². The Morgan fingerprint density at radius 1 is 1.33 bits per heavy atom. The fourth-order valence-corrected chi connectivity index (χ4v) is 3.43. The van der Waals surface area contributed by atoms with E-state index >= 15 is 0 Å². The molecule has 2 aromatic rings. The highest BCUT2D eigenvalue weighted by molar-refractivity contribution is 5.81. The summed E-state index contributed by atoms with van der Waals surface area (Å²) in [5.74, 6) is 1.03. The van der Waals surface area contributed by atoms with Crippen molar-refractivity contribution < 1.29 is 9.53 Å². The van der Waals surface area contributed by atoms with Crippen LogP contribution in [0.25, 0.3) is 0 Å². The first-order valence-corrected chi connectivity index (χ1v) is 8.64. The summed E-state index contributed by atoms with van der Waals surface area (Å²) in [6.45, 7) is 4.80. The number of rotatable bonds is 4. The van der Waals surface area contributed by atoms with Gasteiger partial charge in [-0.25, -0.2) is 0 Å². The standard InChI is InChI=1S/C19H23N3O2/c1-14-8-18(14)19(23)22-10-16-5-3-7-21(16)11-17(12-22)24-13-15-4-2-6-20-9-15/h2-7,9,14,17-18H,8,10-13H2,1H3/t14-,17+,18+/m1/s1. The predicted molar refractivity (Wildman–Crippen MR) is 89.9 cm³/mol. The second kappa shape index (κ2) is 6.40. The van der Waals surface area contributed by atoms with Gasteiger partial charge in [0, 0.05) is 36.7 Å². The number of carbonyl (C=O) groups excluding carboxylic acids is 1. The number of nitrogens with zero attached hydrogens (tertiary/aromatic N) is 3. The van der Waals surface area contributed by atoms with Gasteiger partial charge in [0.1, 0.15) is 0 Å². The molecule has 1 saturated carbocycles. The van der Waals surface area contributed by atoms with Crippen molar-refractivity contribution in [1.29, 1.82) is 0 Å². The smallest absolute Gasteiger partial charge is 0.226 e. The molecule has 1 aliphatic carbocycles. The molecule has 0 radical (unpaired) electrons. The van der Waals surface area contributed by atoms with Gasteiger partial charge in [0.25, 0.3) is 0 Å². The molecule has 0 N–H and O–H groups in total. The van der Waals surface area contributed by atoms with Crippen molar-refractivity contribution in [3.05, 3.63) is 54.1 Å². The number of fused-ring (bicyclic) bond motifs is 1. The van der Waals surface area contributed by atoms with Gasteiger partial charge in [-0.15, -0.1) is 0 Å². The Morgan fingerprint density at radius 3 is 2.96 bits per heavy atom. The van der Waals surface area contributed by atoms with Crippen LogP contribution in [0.4, 0.5) is 0 Å². The van der Waals surface area contributed by atoms with Crippen LogP contribution in [0, 0.1) is 11.8 Å². The lowest BCUT2D eigenvalue weighted by Crippen LogP contribution is -2.38. The van der Waals surface area contributed by atoms with Crippen molar-refractivity contribution in [2.24, 2.45) is 11.8 Å². The molecule has 0 aromatic carbocycles. The number of carbonyl (C=O) groups is 1. The first-order valence-electron chi connectivity index (χ1n) is 8.64. The van der Waals surface area contributed by atoms with Crippen LogP contribution in [0.5, 0.6) is 0 Å². The molecule has 1 fully saturated rings.